The van der Waals surface area contributed by atoms with Gasteiger partial charge in [-0.25, -0.2) is 21.9 Å². The molecule has 0 radical (unpaired) electrons. The van der Waals surface area contributed by atoms with E-state index in [1.807, 2.05) is 0 Å². The van der Waals surface area contributed by atoms with Crippen LogP contribution in [0.2, 0.25) is 0 Å². The van der Waals surface area contributed by atoms with Gasteiger partial charge >= 0.3 is 0 Å². The molecule has 4 nitrogen and oxygen atoms in total. The smallest absolute Gasteiger partial charge is 0.213 e. The monoisotopic (exact) mass is 250 g/mol. The van der Waals surface area contributed by atoms with Gasteiger partial charge in [0.15, 0.2) is 0 Å². The van der Waals surface area contributed by atoms with Crippen molar-refractivity contribution in [1.82, 2.24) is 4.72 Å². The van der Waals surface area contributed by atoms with Crippen LogP contribution < -0.4 is 10.5 Å². The van der Waals surface area contributed by atoms with E-state index in [2.05, 4.69) is 4.72 Å². The summed E-state index contributed by atoms with van der Waals surface area (Å²) in [6.07, 6.45) is 0. The van der Waals surface area contributed by atoms with E-state index >= 15 is 0 Å². The highest BCUT2D eigenvalue weighted by molar-refractivity contribution is 7.89. The van der Waals surface area contributed by atoms with Gasteiger partial charge in [-0.1, -0.05) is 6.07 Å². The van der Waals surface area contributed by atoms with E-state index in [9.17, 15) is 17.2 Å². The predicted molar refractivity (Wildman–Crippen MR) is 56.0 cm³/mol. The molecule has 16 heavy (non-hydrogen) atoms. The summed E-state index contributed by atoms with van der Waals surface area (Å²) in [6.45, 7) is -0.227. The molecule has 0 aromatic heterocycles. The summed E-state index contributed by atoms with van der Waals surface area (Å²) < 4.78 is 50.2. The lowest BCUT2D eigenvalue weighted by Gasteiger charge is -2.06. The van der Waals surface area contributed by atoms with E-state index in [0.717, 1.165) is 6.07 Å². The third kappa shape index (κ3) is 3.84. The summed E-state index contributed by atoms with van der Waals surface area (Å²) in [6, 6.07) is 2.96. The van der Waals surface area contributed by atoms with Crippen molar-refractivity contribution in [2.45, 2.75) is 6.54 Å². The fourth-order valence-corrected chi connectivity index (χ4v) is 1.91. The molecule has 0 heterocycles. The molecule has 0 aliphatic carbocycles. The molecule has 0 saturated carbocycles. The van der Waals surface area contributed by atoms with Crippen molar-refractivity contribution < 1.29 is 17.2 Å². The van der Waals surface area contributed by atoms with Crippen LogP contribution in [0.4, 0.5) is 8.78 Å². The first-order valence-electron chi connectivity index (χ1n) is 4.56. The van der Waals surface area contributed by atoms with Gasteiger partial charge in [-0.05, 0) is 6.07 Å². The maximum atomic E-state index is 13.1. The lowest BCUT2D eigenvalue weighted by Crippen LogP contribution is -2.29. The SMILES string of the molecule is NCCS(=O)(=O)NCc1ccc(F)cc1F. The summed E-state index contributed by atoms with van der Waals surface area (Å²) >= 11 is 0. The second-order valence-electron chi connectivity index (χ2n) is 3.16. The molecule has 0 fully saturated rings. The van der Waals surface area contributed by atoms with Gasteiger partial charge in [0.25, 0.3) is 0 Å². The lowest BCUT2D eigenvalue weighted by molar-refractivity contribution is 0.562. The topological polar surface area (TPSA) is 72.2 Å². The second-order valence-corrected chi connectivity index (χ2v) is 5.09. The van der Waals surface area contributed by atoms with E-state index in [4.69, 9.17) is 5.73 Å². The lowest BCUT2D eigenvalue weighted by atomic mass is 10.2. The van der Waals surface area contributed by atoms with Crippen molar-refractivity contribution in [3.05, 3.63) is 35.4 Å². The van der Waals surface area contributed by atoms with E-state index in [0.29, 0.717) is 6.07 Å². The molecular weight excluding hydrogens is 238 g/mol. The first-order chi connectivity index (χ1) is 7.44. The number of hydrogen-bond acceptors (Lipinski definition) is 3. The van der Waals surface area contributed by atoms with Crippen molar-refractivity contribution in [1.29, 1.82) is 0 Å². The number of nitrogens with one attached hydrogen (secondary N) is 1. The molecule has 0 unspecified atom stereocenters. The Morgan fingerprint density at radius 1 is 1.31 bits per heavy atom. The molecule has 0 bridgehead atoms. The van der Waals surface area contributed by atoms with Gasteiger partial charge in [0.2, 0.25) is 10.0 Å². The van der Waals surface area contributed by atoms with Gasteiger partial charge in [0.1, 0.15) is 11.6 Å². The number of rotatable bonds is 5. The van der Waals surface area contributed by atoms with Crippen molar-refractivity contribution in [2.75, 3.05) is 12.3 Å². The van der Waals surface area contributed by atoms with E-state index < -0.39 is 21.7 Å². The minimum atomic E-state index is -3.49. The zero-order valence-corrected chi connectivity index (χ0v) is 9.23. The standard InChI is InChI=1S/C9H12F2N2O2S/c10-8-2-1-7(9(11)5-8)6-13-16(14,15)4-3-12/h1-2,5,13H,3-4,6,12H2. The van der Waals surface area contributed by atoms with Gasteiger partial charge in [-0.3, -0.25) is 0 Å². The molecule has 0 saturated heterocycles. The van der Waals surface area contributed by atoms with Crippen LogP contribution in [0.3, 0.4) is 0 Å². The summed E-state index contributed by atoms with van der Waals surface area (Å²) in [5.74, 6) is -1.71. The van der Waals surface area contributed by atoms with Crippen LogP contribution in [-0.4, -0.2) is 20.7 Å². The third-order valence-electron chi connectivity index (χ3n) is 1.88. The Kier molecular flexibility index (Phi) is 4.34. The molecule has 1 aromatic rings. The largest absolute Gasteiger partial charge is 0.329 e. The summed E-state index contributed by atoms with van der Waals surface area (Å²) in [5, 5.41) is 0. The molecular formula is C9H12F2N2O2S. The number of nitrogens with two attached hydrogens (primary N) is 1. The van der Waals surface area contributed by atoms with Crippen LogP contribution in [-0.2, 0) is 16.6 Å². The fraction of sp³-hybridized carbons (Fsp3) is 0.333. The highest BCUT2D eigenvalue weighted by Crippen LogP contribution is 2.09. The maximum absolute atomic E-state index is 13.1. The van der Waals surface area contributed by atoms with E-state index in [1.54, 1.807) is 0 Å². The van der Waals surface area contributed by atoms with Crippen LogP contribution in [0.5, 0.6) is 0 Å². The van der Waals surface area contributed by atoms with Crippen LogP contribution in [0.15, 0.2) is 18.2 Å². The number of hydrogen-bond donors (Lipinski definition) is 2. The highest BCUT2D eigenvalue weighted by atomic mass is 32.2. The van der Waals surface area contributed by atoms with Crippen molar-refractivity contribution in [3.63, 3.8) is 0 Å². The minimum absolute atomic E-state index is 0.0127. The Bertz CT molecular complexity index is 463. The molecule has 0 amide bonds. The molecule has 7 heteroatoms. The Morgan fingerprint density at radius 3 is 2.56 bits per heavy atom. The van der Waals surface area contributed by atoms with Gasteiger partial charge < -0.3 is 5.73 Å². The normalized spacial score (nSPS) is 11.7. The van der Waals surface area contributed by atoms with Crippen LogP contribution >= 0.6 is 0 Å². The third-order valence-corrected chi connectivity index (χ3v) is 3.24. The Labute approximate surface area is 92.5 Å². The van der Waals surface area contributed by atoms with Gasteiger partial charge in [0, 0.05) is 24.7 Å². The quantitative estimate of drug-likeness (QED) is 0.791. The molecule has 1 aromatic carbocycles. The number of sulfonamides is 1. The first-order valence-corrected chi connectivity index (χ1v) is 6.21. The Hall–Kier alpha value is -1.05. The van der Waals surface area contributed by atoms with Gasteiger partial charge in [-0.15, -0.1) is 0 Å². The molecule has 0 aliphatic heterocycles. The number of benzene rings is 1. The Balaban J connectivity index is 2.68. The first kappa shape index (κ1) is 13.0. The summed E-state index contributed by atoms with van der Waals surface area (Å²) in [4.78, 5) is 0. The van der Waals surface area contributed by atoms with Crippen molar-refractivity contribution in [3.8, 4) is 0 Å². The second kappa shape index (κ2) is 5.33. The zero-order valence-electron chi connectivity index (χ0n) is 8.41. The molecule has 1 rings (SSSR count). The van der Waals surface area contributed by atoms with Crippen molar-refractivity contribution >= 4 is 10.0 Å². The fourth-order valence-electron chi connectivity index (χ4n) is 1.08. The van der Waals surface area contributed by atoms with Crippen LogP contribution in [0.25, 0.3) is 0 Å². The molecule has 3 N–H and O–H groups in total. The minimum Gasteiger partial charge on any atom is -0.329 e. The van der Waals surface area contributed by atoms with Gasteiger partial charge in [-0.2, -0.15) is 0 Å². The molecule has 0 atom stereocenters. The molecule has 0 aliphatic rings. The van der Waals surface area contributed by atoms with E-state index in [-0.39, 0.29) is 24.4 Å². The predicted octanol–water partition coefficient (Wildman–Crippen LogP) is 0.343. The number of halogens is 2. The van der Waals surface area contributed by atoms with Crippen LogP contribution in [0, 0.1) is 11.6 Å². The highest BCUT2D eigenvalue weighted by Gasteiger charge is 2.10. The van der Waals surface area contributed by atoms with Crippen molar-refractivity contribution in [2.24, 2.45) is 5.73 Å². The average molecular weight is 250 g/mol. The summed E-state index contributed by atoms with van der Waals surface area (Å²) in [7, 11) is -3.49. The molecule has 0 spiro atoms. The van der Waals surface area contributed by atoms with Gasteiger partial charge in [0.05, 0.1) is 5.75 Å². The van der Waals surface area contributed by atoms with Crippen LogP contribution in [0.1, 0.15) is 5.56 Å². The van der Waals surface area contributed by atoms with E-state index in [1.165, 1.54) is 6.07 Å². The summed E-state index contributed by atoms with van der Waals surface area (Å²) in [5.41, 5.74) is 5.18. The zero-order chi connectivity index (χ0) is 12.2. The average Bonchev–Trinajstić information content (AvgIpc) is 2.16. The maximum Gasteiger partial charge on any atom is 0.213 e. The Morgan fingerprint density at radius 2 is 2.00 bits per heavy atom. The molecule has 90 valence electrons.